The van der Waals surface area contributed by atoms with Gasteiger partial charge in [0.05, 0.1) is 11.9 Å². The third-order valence-electron chi connectivity index (χ3n) is 4.27. The minimum atomic E-state index is -0.0366. The lowest BCUT2D eigenvalue weighted by Crippen LogP contribution is -2.47. The number of amides is 1. The van der Waals surface area contributed by atoms with Crippen molar-refractivity contribution in [2.24, 2.45) is 7.05 Å². The van der Waals surface area contributed by atoms with Crippen LogP contribution in [0.25, 0.3) is 0 Å². The first-order valence-electron chi connectivity index (χ1n) is 7.20. The first kappa shape index (κ1) is 14.8. The van der Waals surface area contributed by atoms with Crippen LogP contribution in [0.4, 0.5) is 5.69 Å². The summed E-state index contributed by atoms with van der Waals surface area (Å²) in [6, 6.07) is 0.858. The van der Waals surface area contributed by atoms with Crippen LogP contribution in [0.3, 0.4) is 0 Å². The second-order valence-corrected chi connectivity index (χ2v) is 5.85. The van der Waals surface area contributed by atoms with Crippen molar-refractivity contribution in [1.82, 2.24) is 19.6 Å². The molecule has 0 radical (unpaired) electrons. The Balaban J connectivity index is 2.02. The van der Waals surface area contributed by atoms with E-state index in [9.17, 15) is 4.79 Å². The van der Waals surface area contributed by atoms with Gasteiger partial charge in [0.1, 0.15) is 5.69 Å². The molecule has 2 heterocycles. The summed E-state index contributed by atoms with van der Waals surface area (Å²) in [5.74, 6) is -0.0366. The van der Waals surface area contributed by atoms with Gasteiger partial charge in [-0.25, -0.2) is 0 Å². The lowest BCUT2D eigenvalue weighted by molar-refractivity contribution is 0.0606. The van der Waals surface area contributed by atoms with Crippen molar-refractivity contribution in [2.45, 2.75) is 38.8 Å². The van der Waals surface area contributed by atoms with Gasteiger partial charge in [-0.2, -0.15) is 5.10 Å². The second kappa shape index (κ2) is 5.83. The summed E-state index contributed by atoms with van der Waals surface area (Å²) in [5, 5.41) is 4.04. The summed E-state index contributed by atoms with van der Waals surface area (Å²) in [6.45, 7) is 6.51. The van der Waals surface area contributed by atoms with E-state index in [2.05, 4.69) is 23.8 Å². The maximum Gasteiger partial charge on any atom is 0.274 e. The molecule has 1 fully saturated rings. The van der Waals surface area contributed by atoms with Gasteiger partial charge < -0.3 is 15.5 Å². The Morgan fingerprint density at radius 3 is 2.50 bits per heavy atom. The molecule has 20 heavy (non-hydrogen) atoms. The number of carbonyl (C=O) groups is 1. The van der Waals surface area contributed by atoms with Gasteiger partial charge in [0.25, 0.3) is 5.91 Å². The largest absolute Gasteiger partial charge is 0.396 e. The molecule has 0 unspecified atom stereocenters. The van der Waals surface area contributed by atoms with E-state index in [0.29, 0.717) is 17.4 Å². The first-order chi connectivity index (χ1) is 9.41. The van der Waals surface area contributed by atoms with E-state index in [1.54, 1.807) is 11.7 Å². The van der Waals surface area contributed by atoms with Gasteiger partial charge in [0.2, 0.25) is 0 Å². The fourth-order valence-corrected chi connectivity index (χ4v) is 2.84. The zero-order valence-electron chi connectivity index (χ0n) is 12.8. The van der Waals surface area contributed by atoms with Crippen LogP contribution in [0, 0.1) is 0 Å². The van der Waals surface area contributed by atoms with Crippen molar-refractivity contribution in [2.75, 3.05) is 25.9 Å². The Morgan fingerprint density at radius 2 is 2.05 bits per heavy atom. The number of nitrogen functional groups attached to an aromatic ring is 1. The highest BCUT2D eigenvalue weighted by Crippen LogP contribution is 2.20. The van der Waals surface area contributed by atoms with Crippen LogP contribution < -0.4 is 5.73 Å². The van der Waals surface area contributed by atoms with Crippen molar-refractivity contribution in [3.63, 3.8) is 0 Å². The summed E-state index contributed by atoms with van der Waals surface area (Å²) in [6.07, 6.45) is 3.55. The molecule has 112 valence electrons. The average molecular weight is 279 g/mol. The minimum absolute atomic E-state index is 0.0366. The summed E-state index contributed by atoms with van der Waals surface area (Å²) < 4.78 is 1.55. The third-order valence-corrected chi connectivity index (χ3v) is 4.27. The Kier molecular flexibility index (Phi) is 4.32. The van der Waals surface area contributed by atoms with Crippen LogP contribution in [0.2, 0.25) is 0 Å². The van der Waals surface area contributed by atoms with E-state index in [0.717, 1.165) is 25.9 Å². The highest BCUT2D eigenvalue weighted by atomic mass is 16.2. The molecule has 1 saturated heterocycles. The van der Waals surface area contributed by atoms with E-state index in [1.165, 1.54) is 6.20 Å². The number of likely N-dealkylation sites (tertiary alicyclic amines) is 1. The lowest BCUT2D eigenvalue weighted by atomic mass is 10.0. The van der Waals surface area contributed by atoms with Gasteiger partial charge in [0.15, 0.2) is 0 Å². The predicted octanol–water partition coefficient (Wildman–Crippen LogP) is 0.947. The molecule has 1 aromatic heterocycles. The first-order valence-corrected chi connectivity index (χ1v) is 7.20. The lowest BCUT2D eigenvalue weighted by Gasteiger charge is -2.38. The number of aromatic nitrogens is 2. The highest BCUT2D eigenvalue weighted by molar-refractivity contribution is 5.97. The molecular weight excluding hydrogens is 254 g/mol. The number of piperidine rings is 1. The van der Waals surface area contributed by atoms with Crippen LogP contribution in [0.15, 0.2) is 6.20 Å². The van der Waals surface area contributed by atoms with Crippen LogP contribution in [-0.2, 0) is 7.05 Å². The Hall–Kier alpha value is -1.56. The zero-order valence-corrected chi connectivity index (χ0v) is 12.8. The molecule has 1 aliphatic rings. The Bertz CT molecular complexity index is 454. The molecule has 1 amide bonds. The normalized spacial score (nSPS) is 17.6. The van der Waals surface area contributed by atoms with Crippen molar-refractivity contribution in [1.29, 1.82) is 0 Å². The second-order valence-electron chi connectivity index (χ2n) is 5.85. The van der Waals surface area contributed by atoms with Crippen LogP contribution in [-0.4, -0.2) is 57.7 Å². The van der Waals surface area contributed by atoms with Crippen molar-refractivity contribution in [3.05, 3.63) is 11.9 Å². The SMILES string of the molecule is CC(C)N1CCC(N(C)C(=O)c2c(N)cnn2C)CC1. The number of carbonyl (C=O) groups excluding carboxylic acids is 1. The molecular formula is C14H25N5O. The number of hydrogen-bond acceptors (Lipinski definition) is 4. The number of anilines is 1. The van der Waals surface area contributed by atoms with Gasteiger partial charge in [-0.15, -0.1) is 0 Å². The maximum atomic E-state index is 12.5. The minimum Gasteiger partial charge on any atom is -0.396 e. The van der Waals surface area contributed by atoms with Gasteiger partial charge >= 0.3 is 0 Å². The Morgan fingerprint density at radius 1 is 1.45 bits per heavy atom. The standard InChI is InChI=1S/C14H25N5O/c1-10(2)19-7-5-11(6-8-19)17(3)14(20)13-12(15)9-16-18(13)4/h9-11H,5-8,15H2,1-4H3. The number of nitrogens with zero attached hydrogens (tertiary/aromatic N) is 4. The van der Waals surface area contributed by atoms with E-state index in [1.807, 2.05) is 11.9 Å². The van der Waals surface area contributed by atoms with E-state index in [-0.39, 0.29) is 11.9 Å². The number of aryl methyl sites for hydroxylation is 1. The summed E-state index contributed by atoms with van der Waals surface area (Å²) in [5.41, 5.74) is 6.77. The molecule has 0 saturated carbocycles. The molecule has 0 aliphatic carbocycles. The zero-order chi connectivity index (χ0) is 14.9. The van der Waals surface area contributed by atoms with Gasteiger partial charge in [0, 0.05) is 39.3 Å². The van der Waals surface area contributed by atoms with Crippen LogP contribution >= 0.6 is 0 Å². The molecule has 2 rings (SSSR count). The van der Waals surface area contributed by atoms with Crippen molar-refractivity contribution >= 4 is 11.6 Å². The molecule has 0 bridgehead atoms. The molecule has 0 atom stereocenters. The van der Waals surface area contributed by atoms with Crippen LogP contribution in [0.5, 0.6) is 0 Å². The highest BCUT2D eigenvalue weighted by Gasteiger charge is 2.28. The number of hydrogen-bond donors (Lipinski definition) is 1. The molecule has 1 aliphatic heterocycles. The number of nitrogens with two attached hydrogens (primary N) is 1. The van der Waals surface area contributed by atoms with E-state index < -0.39 is 0 Å². The third kappa shape index (κ3) is 2.80. The quantitative estimate of drug-likeness (QED) is 0.894. The van der Waals surface area contributed by atoms with Gasteiger partial charge in [-0.1, -0.05) is 0 Å². The summed E-state index contributed by atoms with van der Waals surface area (Å²) in [7, 11) is 3.61. The number of rotatable bonds is 3. The van der Waals surface area contributed by atoms with E-state index in [4.69, 9.17) is 5.73 Å². The molecule has 1 aromatic rings. The smallest absolute Gasteiger partial charge is 0.274 e. The summed E-state index contributed by atoms with van der Waals surface area (Å²) >= 11 is 0. The van der Waals surface area contributed by atoms with E-state index >= 15 is 0 Å². The monoisotopic (exact) mass is 279 g/mol. The van der Waals surface area contributed by atoms with Crippen LogP contribution in [0.1, 0.15) is 37.2 Å². The maximum absolute atomic E-state index is 12.5. The fourth-order valence-electron chi connectivity index (χ4n) is 2.84. The average Bonchev–Trinajstić information content (AvgIpc) is 2.76. The topological polar surface area (TPSA) is 67.4 Å². The van der Waals surface area contributed by atoms with Crippen molar-refractivity contribution < 1.29 is 4.79 Å². The molecule has 6 nitrogen and oxygen atoms in total. The summed E-state index contributed by atoms with van der Waals surface area (Å²) in [4.78, 5) is 16.8. The predicted molar refractivity (Wildman–Crippen MR) is 79.4 cm³/mol. The molecule has 2 N–H and O–H groups in total. The van der Waals surface area contributed by atoms with Crippen molar-refractivity contribution in [3.8, 4) is 0 Å². The molecule has 0 aromatic carbocycles. The Labute approximate surface area is 120 Å². The van der Waals surface area contributed by atoms with Gasteiger partial charge in [-0.3, -0.25) is 9.48 Å². The fraction of sp³-hybridized carbons (Fsp3) is 0.714. The van der Waals surface area contributed by atoms with Gasteiger partial charge in [-0.05, 0) is 26.7 Å². The molecule has 6 heteroatoms. The molecule has 0 spiro atoms.